The van der Waals surface area contributed by atoms with E-state index < -0.39 is 0 Å². The lowest BCUT2D eigenvalue weighted by Crippen LogP contribution is -2.31. The van der Waals surface area contributed by atoms with E-state index in [0.717, 1.165) is 23.3 Å². The lowest BCUT2D eigenvalue weighted by molar-refractivity contribution is 0.283. The topological polar surface area (TPSA) is 15.3 Å². The van der Waals surface area contributed by atoms with Crippen molar-refractivity contribution in [2.24, 2.45) is 5.92 Å². The van der Waals surface area contributed by atoms with Gasteiger partial charge in [-0.1, -0.05) is 18.5 Å². The largest absolute Gasteiger partial charge is 0.312 e. The quantitative estimate of drug-likeness (QED) is 0.855. The fourth-order valence-corrected chi connectivity index (χ4v) is 3.42. The second-order valence-corrected chi connectivity index (χ2v) is 6.75. The molecule has 17 heavy (non-hydrogen) atoms. The van der Waals surface area contributed by atoms with Gasteiger partial charge in [0.1, 0.15) is 0 Å². The Morgan fingerprint density at radius 1 is 1.41 bits per heavy atom. The maximum absolute atomic E-state index is 5.90. The van der Waals surface area contributed by atoms with Crippen molar-refractivity contribution in [1.82, 2.24) is 10.2 Å². The lowest BCUT2D eigenvalue weighted by Gasteiger charge is -2.20. The summed E-state index contributed by atoms with van der Waals surface area (Å²) in [5, 5.41) is 3.51. The fourth-order valence-electron chi connectivity index (χ4n) is 2.36. The van der Waals surface area contributed by atoms with Crippen LogP contribution in [0.5, 0.6) is 0 Å². The van der Waals surface area contributed by atoms with Crippen LogP contribution in [0.2, 0.25) is 4.34 Å². The van der Waals surface area contributed by atoms with Crippen LogP contribution in [0.4, 0.5) is 0 Å². The molecule has 1 unspecified atom stereocenters. The standard InChI is InChI=1S/C13H21ClN2S/c1-11(10-16-6-2-3-7-16)8-15-9-12-4-5-13(14)17-12/h4-5,11,15H,2-3,6-10H2,1H3. The SMILES string of the molecule is CC(CNCc1ccc(Cl)s1)CN1CCCC1. The summed E-state index contributed by atoms with van der Waals surface area (Å²) in [6.45, 7) is 8.19. The first-order chi connectivity index (χ1) is 8.24. The number of likely N-dealkylation sites (tertiary alicyclic amines) is 1. The Hall–Kier alpha value is -0.0900. The molecule has 1 N–H and O–H groups in total. The third-order valence-electron chi connectivity index (χ3n) is 3.19. The average molecular weight is 273 g/mol. The first kappa shape index (κ1) is 13.3. The monoisotopic (exact) mass is 272 g/mol. The van der Waals surface area contributed by atoms with Crippen molar-refractivity contribution >= 4 is 22.9 Å². The van der Waals surface area contributed by atoms with Crippen LogP contribution in [0.1, 0.15) is 24.6 Å². The predicted octanol–water partition coefficient (Wildman–Crippen LogP) is 3.22. The highest BCUT2D eigenvalue weighted by Crippen LogP contribution is 2.21. The minimum Gasteiger partial charge on any atom is -0.312 e. The Labute approximate surface area is 113 Å². The predicted molar refractivity (Wildman–Crippen MR) is 75.9 cm³/mol. The summed E-state index contributed by atoms with van der Waals surface area (Å²) in [7, 11) is 0. The van der Waals surface area contributed by atoms with Gasteiger partial charge < -0.3 is 10.2 Å². The molecule has 0 bridgehead atoms. The minimum absolute atomic E-state index is 0.725. The van der Waals surface area contributed by atoms with E-state index in [2.05, 4.69) is 23.2 Å². The van der Waals surface area contributed by atoms with Gasteiger partial charge in [0, 0.05) is 18.0 Å². The molecule has 96 valence electrons. The number of nitrogens with zero attached hydrogens (tertiary/aromatic N) is 1. The van der Waals surface area contributed by atoms with Crippen LogP contribution in [0.25, 0.3) is 0 Å². The summed E-state index contributed by atoms with van der Waals surface area (Å²) in [6.07, 6.45) is 2.77. The molecule has 1 aromatic heterocycles. The zero-order valence-electron chi connectivity index (χ0n) is 10.4. The van der Waals surface area contributed by atoms with Gasteiger partial charge in [-0.3, -0.25) is 0 Å². The molecular formula is C13H21ClN2S. The second kappa shape index (κ2) is 6.74. The molecule has 1 aliphatic heterocycles. The van der Waals surface area contributed by atoms with Crippen molar-refractivity contribution in [3.63, 3.8) is 0 Å². The maximum Gasteiger partial charge on any atom is 0.0931 e. The summed E-state index contributed by atoms with van der Waals surface area (Å²) in [4.78, 5) is 3.90. The normalized spacial score (nSPS) is 18.7. The molecule has 2 heterocycles. The van der Waals surface area contributed by atoms with Crippen molar-refractivity contribution in [1.29, 1.82) is 0 Å². The van der Waals surface area contributed by atoms with Crippen LogP contribution in [0.15, 0.2) is 12.1 Å². The number of nitrogens with one attached hydrogen (secondary N) is 1. The molecule has 1 atom stereocenters. The molecule has 0 spiro atoms. The molecule has 1 aliphatic rings. The van der Waals surface area contributed by atoms with Crippen molar-refractivity contribution in [3.8, 4) is 0 Å². The second-order valence-electron chi connectivity index (χ2n) is 4.95. The Morgan fingerprint density at radius 3 is 2.82 bits per heavy atom. The van der Waals surface area contributed by atoms with Gasteiger partial charge >= 0.3 is 0 Å². The molecular weight excluding hydrogens is 252 g/mol. The third-order valence-corrected chi connectivity index (χ3v) is 4.42. The third kappa shape index (κ3) is 4.59. The van der Waals surface area contributed by atoms with Crippen LogP contribution in [0, 0.1) is 5.92 Å². The Balaban J connectivity index is 1.60. The van der Waals surface area contributed by atoms with Gasteiger partial charge in [-0.15, -0.1) is 11.3 Å². The summed E-state index contributed by atoms with van der Waals surface area (Å²) < 4.78 is 0.881. The Morgan fingerprint density at radius 2 is 2.18 bits per heavy atom. The van der Waals surface area contributed by atoms with E-state index in [1.165, 1.54) is 37.4 Å². The van der Waals surface area contributed by atoms with E-state index >= 15 is 0 Å². The van der Waals surface area contributed by atoms with Gasteiger partial charge in [0.2, 0.25) is 0 Å². The molecule has 0 amide bonds. The van der Waals surface area contributed by atoms with Gasteiger partial charge in [-0.2, -0.15) is 0 Å². The van der Waals surface area contributed by atoms with Crippen molar-refractivity contribution < 1.29 is 0 Å². The van der Waals surface area contributed by atoms with Gasteiger partial charge in [-0.05, 0) is 50.5 Å². The van der Waals surface area contributed by atoms with Crippen LogP contribution < -0.4 is 5.32 Å². The first-order valence-corrected chi connectivity index (χ1v) is 7.61. The van der Waals surface area contributed by atoms with E-state index in [4.69, 9.17) is 11.6 Å². The number of hydrogen-bond acceptors (Lipinski definition) is 3. The molecule has 2 rings (SSSR count). The highest BCUT2D eigenvalue weighted by Gasteiger charge is 2.14. The molecule has 1 aromatic rings. The Bertz CT molecular complexity index is 334. The lowest BCUT2D eigenvalue weighted by atomic mass is 10.1. The van der Waals surface area contributed by atoms with Crippen molar-refractivity contribution in [2.75, 3.05) is 26.2 Å². The number of halogens is 1. The molecule has 4 heteroatoms. The number of thiophene rings is 1. The number of hydrogen-bond donors (Lipinski definition) is 1. The van der Waals surface area contributed by atoms with Gasteiger partial charge in [-0.25, -0.2) is 0 Å². The maximum atomic E-state index is 5.90. The van der Waals surface area contributed by atoms with Gasteiger partial charge in [0.15, 0.2) is 0 Å². The summed E-state index contributed by atoms with van der Waals surface area (Å²) in [5.41, 5.74) is 0. The number of rotatable bonds is 6. The highest BCUT2D eigenvalue weighted by molar-refractivity contribution is 7.16. The zero-order chi connectivity index (χ0) is 12.1. The highest BCUT2D eigenvalue weighted by atomic mass is 35.5. The smallest absolute Gasteiger partial charge is 0.0931 e. The van der Waals surface area contributed by atoms with Crippen LogP contribution in [-0.2, 0) is 6.54 Å². The summed E-state index contributed by atoms with van der Waals surface area (Å²) >= 11 is 7.56. The molecule has 0 radical (unpaired) electrons. The fraction of sp³-hybridized carbons (Fsp3) is 0.692. The summed E-state index contributed by atoms with van der Waals surface area (Å²) in [6, 6.07) is 4.07. The van der Waals surface area contributed by atoms with Crippen LogP contribution in [-0.4, -0.2) is 31.1 Å². The van der Waals surface area contributed by atoms with Crippen LogP contribution >= 0.6 is 22.9 Å². The van der Waals surface area contributed by atoms with E-state index in [1.807, 2.05) is 6.07 Å². The molecule has 0 saturated carbocycles. The minimum atomic E-state index is 0.725. The Kier molecular flexibility index (Phi) is 5.29. The zero-order valence-corrected chi connectivity index (χ0v) is 12.0. The molecule has 2 nitrogen and oxygen atoms in total. The van der Waals surface area contributed by atoms with E-state index in [9.17, 15) is 0 Å². The summed E-state index contributed by atoms with van der Waals surface area (Å²) in [5.74, 6) is 0.725. The van der Waals surface area contributed by atoms with Gasteiger partial charge in [0.25, 0.3) is 0 Å². The van der Waals surface area contributed by atoms with E-state index in [1.54, 1.807) is 11.3 Å². The molecule has 1 fully saturated rings. The van der Waals surface area contributed by atoms with E-state index in [0.29, 0.717) is 0 Å². The van der Waals surface area contributed by atoms with Gasteiger partial charge in [0.05, 0.1) is 4.34 Å². The van der Waals surface area contributed by atoms with Crippen molar-refractivity contribution in [2.45, 2.75) is 26.3 Å². The molecule has 0 aliphatic carbocycles. The van der Waals surface area contributed by atoms with Crippen molar-refractivity contribution in [3.05, 3.63) is 21.3 Å². The van der Waals surface area contributed by atoms with E-state index in [-0.39, 0.29) is 0 Å². The average Bonchev–Trinajstić information content (AvgIpc) is 2.90. The first-order valence-electron chi connectivity index (χ1n) is 6.41. The molecule has 0 aromatic carbocycles. The van der Waals surface area contributed by atoms with Crippen LogP contribution in [0.3, 0.4) is 0 Å². The molecule has 1 saturated heterocycles.